The first-order chi connectivity index (χ1) is 28.0. The van der Waals surface area contributed by atoms with E-state index in [4.69, 9.17) is 14.5 Å². The highest BCUT2D eigenvalue weighted by atomic mass is 32.2. The SMILES string of the molecule is COc1ccc2c(O[C@@H]3C[C@H]4C(=O)N[C@]5(C(=O)NS(=O)(=O)C6CC6)C[C@H]5CCCCCCC[C@@H](CC(=O)N5CCCCC5)C(=O)N4C3)cc(-c3ccccc3)nc2c1. The molecule has 0 bridgehead atoms. The first kappa shape index (κ1) is 40.1. The number of carbonyl (C=O) groups is 4. The van der Waals surface area contributed by atoms with Crippen LogP contribution in [0.4, 0.5) is 0 Å². The lowest BCUT2D eigenvalue weighted by Gasteiger charge is -2.31. The molecule has 1 aromatic heterocycles. The summed E-state index contributed by atoms with van der Waals surface area (Å²) in [6, 6.07) is 16.1. The van der Waals surface area contributed by atoms with Gasteiger partial charge in [0.05, 0.1) is 30.1 Å². The molecule has 0 unspecified atom stereocenters. The second kappa shape index (κ2) is 16.9. The summed E-state index contributed by atoms with van der Waals surface area (Å²) in [5, 5.41) is 3.15. The molecule has 4 amide bonds. The molecule has 2 aliphatic carbocycles. The van der Waals surface area contributed by atoms with Crippen LogP contribution in [0.5, 0.6) is 11.5 Å². The number of fused-ring (bicyclic) bond motifs is 3. The van der Waals surface area contributed by atoms with Gasteiger partial charge in [-0.2, -0.15) is 0 Å². The molecule has 3 aromatic rings. The quantitative estimate of drug-likeness (QED) is 0.284. The van der Waals surface area contributed by atoms with Gasteiger partial charge in [-0.3, -0.25) is 23.9 Å². The highest BCUT2D eigenvalue weighted by Gasteiger charge is 2.62. The number of hydrogen-bond donors (Lipinski definition) is 2. The van der Waals surface area contributed by atoms with Gasteiger partial charge in [0.15, 0.2) is 0 Å². The second-order valence-electron chi connectivity index (χ2n) is 17.0. The van der Waals surface area contributed by atoms with Crippen molar-refractivity contribution in [1.29, 1.82) is 0 Å². The summed E-state index contributed by atoms with van der Waals surface area (Å²) in [6.07, 6.45) is 9.44. The molecular weight excluding hydrogens is 759 g/mol. The standard InChI is InChI=1S/C44H55N5O8S/c1-56-32-17-20-35-37(24-32)45-36(29-13-8-5-9-14-29)26-39(35)57-33-25-38-41(51)46-44(43(53)47-58(54,55)34-18-19-34)27-31(44)16-10-4-2-3-7-15-30(42(52)49(38)28-33)23-40(50)48-21-11-6-12-22-48/h5,8-9,13-14,17,20,24,26,30-31,33-34,38H,2-4,6-7,10-12,15-16,18-19,21-23,25,27-28H2,1H3,(H,46,51)(H,47,53)/t30-,31+,33+,38-,44+/m0/s1. The van der Waals surface area contributed by atoms with E-state index in [1.807, 2.05) is 59.5 Å². The van der Waals surface area contributed by atoms with Crippen LogP contribution in [0.25, 0.3) is 22.2 Å². The Kier molecular flexibility index (Phi) is 11.7. The number of piperidine rings is 1. The Morgan fingerprint density at radius 2 is 1.64 bits per heavy atom. The fourth-order valence-corrected chi connectivity index (χ4v) is 10.6. The summed E-state index contributed by atoms with van der Waals surface area (Å²) in [5.41, 5.74) is 0.838. The number of rotatable bonds is 9. The van der Waals surface area contributed by atoms with E-state index in [0.29, 0.717) is 67.9 Å². The number of likely N-dealkylation sites (tertiary alicyclic amines) is 1. The van der Waals surface area contributed by atoms with Gasteiger partial charge in [-0.25, -0.2) is 13.4 Å². The van der Waals surface area contributed by atoms with Crippen LogP contribution in [0.1, 0.15) is 96.3 Å². The van der Waals surface area contributed by atoms with Crippen LogP contribution < -0.4 is 19.5 Å². The zero-order valence-corrected chi connectivity index (χ0v) is 34.1. The lowest BCUT2D eigenvalue weighted by Crippen LogP contribution is -2.57. The van der Waals surface area contributed by atoms with E-state index in [9.17, 15) is 27.6 Å². The number of ether oxygens (including phenoxy) is 2. The topological polar surface area (TPSA) is 164 Å². The van der Waals surface area contributed by atoms with Crippen molar-refractivity contribution >= 4 is 44.6 Å². The molecule has 14 heteroatoms. The summed E-state index contributed by atoms with van der Waals surface area (Å²) in [6.45, 7) is 1.45. The number of hydrogen-bond acceptors (Lipinski definition) is 9. The van der Waals surface area contributed by atoms with E-state index in [2.05, 4.69) is 10.0 Å². The fraction of sp³-hybridized carbons (Fsp3) is 0.568. The number of aromatic nitrogens is 1. The third-order valence-corrected chi connectivity index (χ3v) is 14.6. The van der Waals surface area contributed by atoms with Crippen molar-refractivity contribution in [3.8, 4) is 22.8 Å². The van der Waals surface area contributed by atoms with Crippen LogP contribution in [0.15, 0.2) is 54.6 Å². The van der Waals surface area contributed by atoms with Crippen molar-refractivity contribution in [2.45, 2.75) is 119 Å². The average molecular weight is 814 g/mol. The molecule has 2 N–H and O–H groups in total. The number of nitrogens with one attached hydrogen (secondary N) is 2. The van der Waals surface area contributed by atoms with Crippen molar-refractivity contribution in [3.63, 3.8) is 0 Å². The number of nitrogens with zero attached hydrogens (tertiary/aromatic N) is 3. The molecule has 2 saturated carbocycles. The highest BCUT2D eigenvalue weighted by Crippen LogP contribution is 2.48. The monoisotopic (exact) mass is 813 g/mol. The van der Waals surface area contributed by atoms with Gasteiger partial charge >= 0.3 is 0 Å². The van der Waals surface area contributed by atoms with Crippen LogP contribution in [-0.4, -0.2) is 96.5 Å². The van der Waals surface area contributed by atoms with Crippen molar-refractivity contribution in [3.05, 3.63) is 54.6 Å². The molecule has 58 heavy (non-hydrogen) atoms. The lowest BCUT2D eigenvalue weighted by atomic mass is 9.94. The van der Waals surface area contributed by atoms with Gasteiger partial charge in [0.1, 0.15) is 29.2 Å². The predicted octanol–water partition coefficient (Wildman–Crippen LogP) is 5.51. The molecule has 2 aromatic carbocycles. The van der Waals surface area contributed by atoms with Gasteiger partial charge in [0, 0.05) is 54.9 Å². The smallest absolute Gasteiger partial charge is 0.259 e. The predicted molar refractivity (Wildman–Crippen MR) is 218 cm³/mol. The Bertz CT molecular complexity index is 2140. The molecule has 8 rings (SSSR count). The third-order valence-electron chi connectivity index (χ3n) is 12.8. The molecule has 4 heterocycles. The van der Waals surface area contributed by atoms with Crippen molar-refractivity contribution in [1.82, 2.24) is 24.8 Å². The maximum atomic E-state index is 14.9. The van der Waals surface area contributed by atoms with Gasteiger partial charge in [-0.15, -0.1) is 0 Å². The number of amides is 4. The van der Waals surface area contributed by atoms with Crippen molar-refractivity contribution < 1.29 is 37.1 Å². The second-order valence-corrected chi connectivity index (χ2v) is 18.9. The third kappa shape index (κ3) is 8.67. The number of methoxy groups -OCH3 is 1. The number of carbonyl (C=O) groups excluding carboxylic acids is 4. The minimum atomic E-state index is -3.86. The van der Waals surface area contributed by atoms with E-state index in [0.717, 1.165) is 62.3 Å². The Hall–Kier alpha value is -4.72. The number of sulfonamides is 1. The Balaban J connectivity index is 1.12. The van der Waals surface area contributed by atoms with Gasteiger partial charge < -0.3 is 24.6 Å². The first-order valence-electron chi connectivity index (χ1n) is 21.2. The van der Waals surface area contributed by atoms with Crippen molar-refractivity contribution in [2.75, 3.05) is 26.7 Å². The minimum Gasteiger partial charge on any atom is -0.497 e. The number of pyridine rings is 1. The minimum absolute atomic E-state index is 0.0376. The molecular formula is C44H55N5O8S. The molecule has 13 nitrogen and oxygen atoms in total. The van der Waals surface area contributed by atoms with Crippen LogP contribution in [0.2, 0.25) is 0 Å². The van der Waals surface area contributed by atoms with Crippen LogP contribution in [0.3, 0.4) is 0 Å². The zero-order valence-electron chi connectivity index (χ0n) is 33.3. The number of benzene rings is 2. The van der Waals surface area contributed by atoms with E-state index in [1.54, 1.807) is 12.0 Å². The van der Waals surface area contributed by atoms with Gasteiger partial charge in [-0.05, 0) is 69.4 Å². The van der Waals surface area contributed by atoms with Gasteiger partial charge in [-0.1, -0.05) is 62.4 Å². The molecule has 0 spiro atoms. The maximum absolute atomic E-state index is 14.9. The molecule has 5 aliphatic rings. The molecule has 5 atom stereocenters. The summed E-state index contributed by atoms with van der Waals surface area (Å²) in [5.74, 6) is -1.22. The summed E-state index contributed by atoms with van der Waals surface area (Å²) in [4.78, 5) is 65.4. The van der Waals surface area contributed by atoms with E-state index in [1.165, 1.54) is 0 Å². The van der Waals surface area contributed by atoms with Gasteiger partial charge in [0.2, 0.25) is 27.7 Å². The molecule has 310 valence electrons. The lowest BCUT2D eigenvalue weighted by molar-refractivity contribution is -0.145. The van der Waals surface area contributed by atoms with Gasteiger partial charge in [0.25, 0.3) is 5.91 Å². The summed E-state index contributed by atoms with van der Waals surface area (Å²) >= 11 is 0. The Labute approximate surface area is 340 Å². The molecule has 3 aliphatic heterocycles. The van der Waals surface area contributed by atoms with Crippen LogP contribution in [-0.2, 0) is 29.2 Å². The summed E-state index contributed by atoms with van der Waals surface area (Å²) < 4.78 is 40.5. The summed E-state index contributed by atoms with van der Waals surface area (Å²) in [7, 11) is -2.26. The Morgan fingerprint density at radius 1 is 0.914 bits per heavy atom. The first-order valence-corrected chi connectivity index (χ1v) is 22.8. The maximum Gasteiger partial charge on any atom is 0.259 e. The highest BCUT2D eigenvalue weighted by molar-refractivity contribution is 7.91. The van der Waals surface area contributed by atoms with E-state index in [-0.39, 0.29) is 37.1 Å². The van der Waals surface area contributed by atoms with E-state index < -0.39 is 50.7 Å². The van der Waals surface area contributed by atoms with E-state index >= 15 is 0 Å². The van der Waals surface area contributed by atoms with Crippen molar-refractivity contribution in [2.24, 2.45) is 11.8 Å². The Morgan fingerprint density at radius 3 is 2.38 bits per heavy atom. The normalized spacial score (nSPS) is 27.1. The van der Waals surface area contributed by atoms with Crippen LogP contribution in [0, 0.1) is 11.8 Å². The fourth-order valence-electron chi connectivity index (χ4n) is 9.21. The zero-order chi connectivity index (χ0) is 40.4. The average Bonchev–Trinajstić information content (AvgIpc) is 4.16. The molecule has 3 saturated heterocycles. The molecule has 0 radical (unpaired) electrons. The van der Waals surface area contributed by atoms with Crippen LogP contribution >= 0.6 is 0 Å². The molecule has 5 fully saturated rings. The largest absolute Gasteiger partial charge is 0.497 e.